The van der Waals surface area contributed by atoms with E-state index in [2.05, 4.69) is 24.5 Å². The van der Waals surface area contributed by atoms with Crippen LogP contribution in [-0.4, -0.2) is 88.7 Å². The van der Waals surface area contributed by atoms with Crippen LogP contribution in [0.1, 0.15) is 117 Å². The first-order valence-electron chi connectivity index (χ1n) is 15.3. The molecule has 1 rings (SSSR count). The maximum atomic E-state index is 12.9. The average Bonchev–Trinajstić information content (AvgIpc) is 2.93. The number of nitrogens with one attached hydrogen (secondary N) is 2. The molecular formula is C29H56N2O8. The molecule has 1 aliphatic rings. The molecular weight excluding hydrogens is 504 g/mol. The molecule has 0 aliphatic carbocycles. The summed E-state index contributed by atoms with van der Waals surface area (Å²) >= 11 is 0. The highest BCUT2D eigenvalue weighted by atomic mass is 16.7. The Hall–Kier alpha value is -1.30. The van der Waals surface area contributed by atoms with Gasteiger partial charge in [0.1, 0.15) is 30.5 Å². The average molecular weight is 561 g/mol. The van der Waals surface area contributed by atoms with Crippen molar-refractivity contribution in [2.45, 2.75) is 153 Å². The summed E-state index contributed by atoms with van der Waals surface area (Å²) in [4.78, 5) is 25.5. The summed E-state index contributed by atoms with van der Waals surface area (Å²) in [5.74, 6) is -0.649. The molecule has 6 N–H and O–H groups in total. The second-order valence-corrected chi connectivity index (χ2v) is 10.8. The van der Waals surface area contributed by atoms with Crippen LogP contribution in [0.15, 0.2) is 0 Å². The molecule has 10 heteroatoms. The molecule has 39 heavy (non-hydrogen) atoms. The predicted octanol–water partition coefficient (Wildman–Crippen LogP) is 2.69. The van der Waals surface area contributed by atoms with Crippen molar-refractivity contribution in [3.05, 3.63) is 0 Å². The van der Waals surface area contributed by atoms with E-state index in [9.17, 15) is 30.0 Å². The number of hydrogen-bond donors (Lipinski definition) is 6. The van der Waals surface area contributed by atoms with Crippen molar-refractivity contribution in [2.24, 2.45) is 0 Å². The molecule has 0 bridgehead atoms. The van der Waals surface area contributed by atoms with Crippen LogP contribution < -0.4 is 10.6 Å². The van der Waals surface area contributed by atoms with E-state index in [-0.39, 0.29) is 12.5 Å². The van der Waals surface area contributed by atoms with E-state index in [1.165, 1.54) is 51.4 Å². The van der Waals surface area contributed by atoms with E-state index in [1.807, 2.05) is 0 Å². The molecule has 1 heterocycles. The summed E-state index contributed by atoms with van der Waals surface area (Å²) in [6.45, 7) is 3.98. The summed E-state index contributed by atoms with van der Waals surface area (Å²) in [5, 5.41) is 45.2. The monoisotopic (exact) mass is 560 g/mol. The maximum absolute atomic E-state index is 12.9. The number of carbonyl (C=O) groups excluding carboxylic acids is 2. The molecule has 230 valence electrons. The lowest BCUT2D eigenvalue weighted by Gasteiger charge is -2.39. The van der Waals surface area contributed by atoms with Crippen molar-refractivity contribution in [3.63, 3.8) is 0 Å². The lowest BCUT2D eigenvalue weighted by Crippen LogP contribution is -2.60. The summed E-state index contributed by atoms with van der Waals surface area (Å²) in [6, 6.07) is -1.01. The Balaban J connectivity index is 2.54. The van der Waals surface area contributed by atoms with Gasteiger partial charge in [0.15, 0.2) is 6.29 Å². The van der Waals surface area contributed by atoms with Gasteiger partial charge in [-0.3, -0.25) is 9.59 Å². The first-order chi connectivity index (χ1) is 18.8. The van der Waals surface area contributed by atoms with Gasteiger partial charge in [0.25, 0.3) is 0 Å². The topological polar surface area (TPSA) is 158 Å². The number of carbonyl (C=O) groups is 2. The minimum Gasteiger partial charge on any atom is -0.394 e. The third kappa shape index (κ3) is 15.3. The van der Waals surface area contributed by atoms with Gasteiger partial charge < -0.3 is 40.5 Å². The normalized spacial score (nSPS) is 23.9. The van der Waals surface area contributed by atoms with Crippen LogP contribution in [0.5, 0.6) is 0 Å². The molecule has 2 amide bonds. The van der Waals surface area contributed by atoms with Crippen LogP contribution in [0.2, 0.25) is 0 Å². The van der Waals surface area contributed by atoms with Gasteiger partial charge in [-0.2, -0.15) is 0 Å². The zero-order valence-electron chi connectivity index (χ0n) is 24.3. The van der Waals surface area contributed by atoms with Gasteiger partial charge in [-0.05, 0) is 12.8 Å². The van der Waals surface area contributed by atoms with Crippen LogP contribution in [0.3, 0.4) is 0 Å². The Bertz CT molecular complexity index is 636. The highest BCUT2D eigenvalue weighted by Crippen LogP contribution is 2.22. The van der Waals surface area contributed by atoms with Crippen LogP contribution >= 0.6 is 0 Å². The van der Waals surface area contributed by atoms with E-state index in [1.54, 1.807) is 0 Å². The number of ether oxygens (including phenoxy) is 2. The quantitative estimate of drug-likeness (QED) is 0.104. The molecule has 0 unspecified atom stereocenters. The smallest absolute Gasteiger partial charge is 0.244 e. The molecule has 0 aromatic heterocycles. The molecule has 0 spiro atoms. The van der Waals surface area contributed by atoms with Gasteiger partial charge in [-0.25, -0.2) is 0 Å². The first-order valence-corrected chi connectivity index (χ1v) is 15.3. The summed E-state index contributed by atoms with van der Waals surface area (Å²) in [5.41, 5.74) is 0. The molecule has 0 aromatic carbocycles. The zero-order chi connectivity index (χ0) is 28.9. The van der Waals surface area contributed by atoms with Gasteiger partial charge >= 0.3 is 0 Å². The fourth-order valence-corrected chi connectivity index (χ4v) is 4.68. The fourth-order valence-electron chi connectivity index (χ4n) is 4.68. The molecule has 1 fully saturated rings. The van der Waals surface area contributed by atoms with E-state index < -0.39 is 49.3 Å². The van der Waals surface area contributed by atoms with Gasteiger partial charge in [0.05, 0.1) is 13.2 Å². The fraction of sp³-hybridized carbons (Fsp3) is 0.931. The van der Waals surface area contributed by atoms with Crippen molar-refractivity contribution in [3.8, 4) is 0 Å². The molecule has 0 radical (unpaired) electrons. The molecule has 1 saturated heterocycles. The minimum absolute atomic E-state index is 0.256. The lowest BCUT2D eigenvalue weighted by molar-refractivity contribution is -0.301. The summed E-state index contributed by atoms with van der Waals surface area (Å²) in [6.07, 6.45) is 9.87. The standard InChI is InChI=1S/C29H56N2O8/c1-3-5-7-9-11-13-15-17-19-30-28(37)22(31-24(33)18-16-14-12-10-8-6-4-2)21-38-29-27(36)26(35)25(34)23(20-32)39-29/h22-23,25-27,29,32,34-36H,3-21H2,1-2H3,(H,30,37)(H,31,33)/t22-,23+,25-,26-,27+,29-/m0/s1. The SMILES string of the molecule is CCCCCCCCCCNC(=O)[C@H](CO[C@H]1O[C@H](CO)[C@H](O)[C@H](O)[C@H]1O)NC(=O)CCCCCCCCC. The Morgan fingerprint density at radius 2 is 1.31 bits per heavy atom. The van der Waals surface area contributed by atoms with E-state index in [0.717, 1.165) is 44.9 Å². The van der Waals surface area contributed by atoms with Crippen LogP contribution in [-0.2, 0) is 19.1 Å². The highest BCUT2D eigenvalue weighted by molar-refractivity contribution is 5.87. The van der Waals surface area contributed by atoms with E-state index in [0.29, 0.717) is 13.0 Å². The number of amides is 2. The second-order valence-electron chi connectivity index (χ2n) is 10.8. The van der Waals surface area contributed by atoms with E-state index >= 15 is 0 Å². The Kier molecular flexibility index (Phi) is 20.5. The van der Waals surface area contributed by atoms with Gasteiger partial charge in [-0.1, -0.05) is 97.3 Å². The zero-order valence-corrected chi connectivity index (χ0v) is 24.3. The molecule has 0 aromatic rings. The van der Waals surface area contributed by atoms with Crippen molar-refractivity contribution in [1.29, 1.82) is 0 Å². The van der Waals surface area contributed by atoms with Crippen molar-refractivity contribution in [2.75, 3.05) is 19.8 Å². The minimum atomic E-state index is -1.58. The summed E-state index contributed by atoms with van der Waals surface area (Å²) in [7, 11) is 0. The predicted molar refractivity (Wildman–Crippen MR) is 150 cm³/mol. The molecule has 10 nitrogen and oxygen atoms in total. The highest BCUT2D eigenvalue weighted by Gasteiger charge is 2.44. The lowest BCUT2D eigenvalue weighted by atomic mass is 9.99. The van der Waals surface area contributed by atoms with Crippen molar-refractivity contribution < 1.29 is 39.5 Å². The van der Waals surface area contributed by atoms with Crippen LogP contribution in [0, 0.1) is 0 Å². The van der Waals surface area contributed by atoms with Gasteiger partial charge in [-0.15, -0.1) is 0 Å². The van der Waals surface area contributed by atoms with E-state index in [4.69, 9.17) is 9.47 Å². The van der Waals surface area contributed by atoms with Crippen molar-refractivity contribution in [1.82, 2.24) is 10.6 Å². The number of rotatable bonds is 23. The Labute approximate surface area is 235 Å². The Morgan fingerprint density at radius 1 is 0.769 bits per heavy atom. The summed E-state index contributed by atoms with van der Waals surface area (Å²) < 4.78 is 10.9. The molecule has 0 saturated carbocycles. The third-order valence-electron chi connectivity index (χ3n) is 7.26. The third-order valence-corrected chi connectivity index (χ3v) is 7.26. The first kappa shape index (κ1) is 35.7. The molecule has 1 aliphatic heterocycles. The van der Waals surface area contributed by atoms with Crippen LogP contribution in [0.4, 0.5) is 0 Å². The van der Waals surface area contributed by atoms with Gasteiger partial charge in [0.2, 0.25) is 11.8 Å². The largest absolute Gasteiger partial charge is 0.394 e. The molecule has 6 atom stereocenters. The van der Waals surface area contributed by atoms with Crippen molar-refractivity contribution >= 4 is 11.8 Å². The Morgan fingerprint density at radius 3 is 1.87 bits per heavy atom. The second kappa shape index (κ2) is 22.4. The number of aliphatic hydroxyl groups is 4. The number of hydrogen-bond acceptors (Lipinski definition) is 8. The number of unbranched alkanes of at least 4 members (excludes halogenated alkanes) is 13. The van der Waals surface area contributed by atoms with Gasteiger partial charge in [0, 0.05) is 13.0 Å². The maximum Gasteiger partial charge on any atom is 0.244 e. The van der Waals surface area contributed by atoms with Crippen LogP contribution in [0.25, 0.3) is 0 Å². The number of aliphatic hydroxyl groups excluding tert-OH is 4.